The molecule has 0 fully saturated rings. The van der Waals surface area contributed by atoms with E-state index < -0.39 is 5.82 Å². The number of aryl methyl sites for hydroxylation is 1. The molecule has 186 valence electrons. The summed E-state index contributed by atoms with van der Waals surface area (Å²) in [4.78, 5) is 5.45. The molecule has 6 nitrogen and oxygen atoms in total. The van der Waals surface area contributed by atoms with E-state index in [0.717, 1.165) is 46.9 Å². The van der Waals surface area contributed by atoms with Gasteiger partial charge in [-0.25, -0.2) is 9.37 Å². The minimum atomic E-state index is -0.391. The number of nitrogens with two attached hydrogens (primary N) is 1. The van der Waals surface area contributed by atoms with E-state index >= 15 is 0 Å². The maximum atomic E-state index is 14.9. The third-order valence-electron chi connectivity index (χ3n) is 5.39. The molecule has 0 aliphatic rings. The Balaban J connectivity index is 0.000000623. The van der Waals surface area contributed by atoms with Crippen LogP contribution in [-0.2, 0) is 17.6 Å². The Morgan fingerprint density at radius 3 is 2.54 bits per heavy atom. The second-order valence-electron chi connectivity index (χ2n) is 7.78. The molecule has 0 atom stereocenters. The van der Waals surface area contributed by atoms with Crippen LogP contribution < -0.4 is 10.5 Å². The van der Waals surface area contributed by atoms with Crippen LogP contribution in [-0.4, -0.2) is 28.3 Å². The van der Waals surface area contributed by atoms with E-state index in [1.807, 2.05) is 31.2 Å². The Labute approximate surface area is 215 Å². The molecule has 4 aromatic rings. The first kappa shape index (κ1) is 26.8. The first-order valence-electron chi connectivity index (χ1n) is 11.5. The number of halogens is 2. The van der Waals surface area contributed by atoms with Crippen molar-refractivity contribution in [1.82, 2.24) is 14.6 Å². The molecule has 0 bridgehead atoms. The van der Waals surface area contributed by atoms with Crippen LogP contribution in [0.1, 0.15) is 38.3 Å². The molecule has 2 aromatic carbocycles. The summed E-state index contributed by atoms with van der Waals surface area (Å²) in [7, 11) is 1.71. The third-order valence-corrected chi connectivity index (χ3v) is 6.69. The summed E-state index contributed by atoms with van der Waals surface area (Å²) in [6, 6.07) is 10.7. The number of benzene rings is 2. The van der Waals surface area contributed by atoms with Gasteiger partial charge in [0.25, 0.3) is 0 Å². The van der Waals surface area contributed by atoms with Crippen molar-refractivity contribution < 1.29 is 9.13 Å². The smallest absolute Gasteiger partial charge is 0.160 e. The van der Waals surface area contributed by atoms with Gasteiger partial charge in [0.1, 0.15) is 11.6 Å². The summed E-state index contributed by atoms with van der Waals surface area (Å²) < 4.78 is 24.4. The number of hydrogen-bond donors (Lipinski definition) is 2. The minimum absolute atomic E-state index is 0.361. The normalized spacial score (nSPS) is 10.8. The molecule has 9 heteroatoms. The lowest BCUT2D eigenvalue weighted by molar-refractivity contribution is 0.199. The zero-order valence-electron chi connectivity index (χ0n) is 20.4. The van der Waals surface area contributed by atoms with E-state index in [9.17, 15) is 4.39 Å². The van der Waals surface area contributed by atoms with Gasteiger partial charge in [-0.2, -0.15) is 9.61 Å². The number of ether oxygens (including phenoxy) is 1. The van der Waals surface area contributed by atoms with Crippen molar-refractivity contribution >= 4 is 40.7 Å². The van der Waals surface area contributed by atoms with Gasteiger partial charge in [-0.05, 0) is 67.1 Å². The fourth-order valence-corrected chi connectivity index (χ4v) is 4.79. The first-order valence-corrected chi connectivity index (χ1v) is 12.7. The number of hydrogen-bond acceptors (Lipinski definition) is 6. The van der Waals surface area contributed by atoms with Crippen LogP contribution >= 0.6 is 23.5 Å². The molecule has 3 N–H and O–H groups in total. The van der Waals surface area contributed by atoms with Crippen LogP contribution in [0.2, 0.25) is 5.02 Å². The van der Waals surface area contributed by atoms with Gasteiger partial charge in [0.2, 0.25) is 0 Å². The number of nitrogens with one attached hydrogen (secondary N) is 1. The van der Waals surface area contributed by atoms with Gasteiger partial charge in [0, 0.05) is 52.2 Å². The average Bonchev–Trinajstić information content (AvgIpc) is 3.28. The van der Waals surface area contributed by atoms with Crippen LogP contribution in [0, 0.1) is 5.82 Å². The summed E-state index contributed by atoms with van der Waals surface area (Å²) in [5.41, 5.74) is 10.6. The molecule has 0 unspecified atom stereocenters. The van der Waals surface area contributed by atoms with Gasteiger partial charge >= 0.3 is 0 Å². The molecule has 4 rings (SSSR count). The number of methoxy groups -OCH3 is 1. The monoisotopic (exact) mass is 515 g/mol. The van der Waals surface area contributed by atoms with E-state index in [1.165, 1.54) is 18.0 Å². The van der Waals surface area contributed by atoms with Gasteiger partial charge in [0.05, 0.1) is 6.20 Å². The SMILES string of the molecule is CCCOC.CCc1c(Cl)cccc1SNc1ccc(-c2cnc3c(CC)cnn3c2N)c(F)c1. The number of rotatable bonds is 8. The summed E-state index contributed by atoms with van der Waals surface area (Å²) in [5, 5.41) is 5.02. The summed E-state index contributed by atoms with van der Waals surface area (Å²) in [6.07, 6.45) is 6.08. The number of anilines is 2. The van der Waals surface area contributed by atoms with E-state index in [2.05, 4.69) is 28.7 Å². The maximum absolute atomic E-state index is 14.9. The average molecular weight is 516 g/mol. The van der Waals surface area contributed by atoms with Gasteiger partial charge in [-0.3, -0.25) is 0 Å². The Hall–Kier alpha value is -2.81. The molecule has 0 saturated heterocycles. The van der Waals surface area contributed by atoms with Crippen molar-refractivity contribution in [2.75, 3.05) is 24.2 Å². The molecule has 2 heterocycles. The third kappa shape index (κ3) is 6.25. The van der Waals surface area contributed by atoms with Crippen molar-refractivity contribution in [1.29, 1.82) is 0 Å². The molecular formula is C26H31ClFN5OS. The quantitative estimate of drug-likeness (QED) is 0.245. The minimum Gasteiger partial charge on any atom is -0.385 e. The lowest BCUT2D eigenvalue weighted by Gasteiger charge is -2.12. The van der Waals surface area contributed by atoms with Crippen LogP contribution in [0.3, 0.4) is 0 Å². The summed E-state index contributed by atoms with van der Waals surface area (Å²) >= 11 is 7.67. The van der Waals surface area contributed by atoms with E-state index in [4.69, 9.17) is 22.1 Å². The highest BCUT2D eigenvalue weighted by Crippen LogP contribution is 2.33. The molecule has 0 radical (unpaired) electrons. The van der Waals surface area contributed by atoms with Gasteiger partial charge in [-0.1, -0.05) is 38.4 Å². The summed E-state index contributed by atoms with van der Waals surface area (Å²) in [6.45, 7) is 7.06. The van der Waals surface area contributed by atoms with Crippen LogP contribution in [0.5, 0.6) is 0 Å². The standard InChI is InChI=1S/C22H21ClFN5S.C4H10O/c1-3-13-11-27-29-21(25)17(12-26-22(13)29)16-9-8-14(10-19(16)24)28-30-20-7-5-6-18(23)15(20)4-2;1-3-4-5-2/h5-12,28H,3-4,25H2,1-2H3;3-4H2,1-2H3. The number of nitrogens with zero attached hydrogens (tertiary/aromatic N) is 3. The van der Waals surface area contributed by atoms with Crippen molar-refractivity contribution in [2.45, 2.75) is 44.9 Å². The molecule has 0 spiro atoms. The predicted molar refractivity (Wildman–Crippen MR) is 145 cm³/mol. The number of aromatic nitrogens is 3. The van der Waals surface area contributed by atoms with Crippen molar-refractivity contribution in [3.63, 3.8) is 0 Å². The first-order chi connectivity index (χ1) is 16.9. The molecule has 0 saturated carbocycles. The Morgan fingerprint density at radius 1 is 1.11 bits per heavy atom. The van der Waals surface area contributed by atoms with Gasteiger partial charge in [-0.15, -0.1) is 0 Å². The molecule has 0 aliphatic heterocycles. The lowest BCUT2D eigenvalue weighted by atomic mass is 10.1. The van der Waals surface area contributed by atoms with Gasteiger partial charge in [0.15, 0.2) is 5.65 Å². The maximum Gasteiger partial charge on any atom is 0.160 e. The van der Waals surface area contributed by atoms with Crippen LogP contribution in [0.15, 0.2) is 53.7 Å². The highest BCUT2D eigenvalue weighted by Gasteiger charge is 2.15. The summed E-state index contributed by atoms with van der Waals surface area (Å²) in [5.74, 6) is -0.0293. The highest BCUT2D eigenvalue weighted by molar-refractivity contribution is 8.00. The molecule has 0 amide bonds. The Morgan fingerprint density at radius 2 is 1.91 bits per heavy atom. The zero-order chi connectivity index (χ0) is 25.4. The number of fused-ring (bicyclic) bond motifs is 1. The van der Waals surface area contributed by atoms with Gasteiger partial charge < -0.3 is 15.2 Å². The Kier molecular flexibility index (Phi) is 9.77. The topological polar surface area (TPSA) is 77.5 Å². The van der Waals surface area contributed by atoms with E-state index in [1.54, 1.807) is 30.1 Å². The van der Waals surface area contributed by atoms with Crippen molar-refractivity contribution in [2.24, 2.45) is 0 Å². The zero-order valence-corrected chi connectivity index (χ0v) is 22.0. The second-order valence-corrected chi connectivity index (χ2v) is 9.03. The Bertz CT molecular complexity index is 1280. The largest absolute Gasteiger partial charge is 0.385 e. The fourth-order valence-electron chi connectivity index (χ4n) is 3.55. The lowest BCUT2D eigenvalue weighted by Crippen LogP contribution is -2.04. The van der Waals surface area contributed by atoms with E-state index in [0.29, 0.717) is 28.3 Å². The fraction of sp³-hybridized carbons (Fsp3) is 0.308. The van der Waals surface area contributed by atoms with E-state index in [-0.39, 0.29) is 0 Å². The second kappa shape index (κ2) is 12.8. The molecule has 0 aliphatic carbocycles. The highest BCUT2D eigenvalue weighted by atomic mass is 35.5. The molecule has 2 aromatic heterocycles. The van der Waals surface area contributed by atoms with Crippen LogP contribution in [0.25, 0.3) is 16.8 Å². The number of nitrogen functional groups attached to an aromatic ring is 1. The van der Waals surface area contributed by atoms with Crippen molar-refractivity contribution in [3.8, 4) is 11.1 Å². The molecular weight excluding hydrogens is 485 g/mol. The molecule has 35 heavy (non-hydrogen) atoms. The van der Waals surface area contributed by atoms with Crippen molar-refractivity contribution in [3.05, 3.63) is 70.8 Å². The predicted octanol–water partition coefficient (Wildman–Crippen LogP) is 7.06. The van der Waals surface area contributed by atoms with Crippen LogP contribution in [0.4, 0.5) is 15.9 Å².